The number of hydrogen-bond donors (Lipinski definition) is 2. The molecule has 0 aliphatic carbocycles. The van der Waals surface area contributed by atoms with Crippen LogP contribution in [0.5, 0.6) is 0 Å². The summed E-state index contributed by atoms with van der Waals surface area (Å²) in [6.45, 7) is 3.57. The molecule has 1 aliphatic rings. The van der Waals surface area contributed by atoms with Gasteiger partial charge in [-0.15, -0.1) is 12.4 Å². The van der Waals surface area contributed by atoms with Gasteiger partial charge in [-0.25, -0.2) is 0 Å². The molecule has 1 heterocycles. The first-order chi connectivity index (χ1) is 11.1. The maximum atomic E-state index is 12.3. The summed E-state index contributed by atoms with van der Waals surface area (Å²) in [7, 11) is 0. The molecule has 0 saturated carbocycles. The number of carbonyl (C=O) groups is 2. The molecule has 2 rings (SSSR count). The molecule has 3 N–H and O–H groups in total. The molecule has 0 aromatic heterocycles. The fourth-order valence-corrected chi connectivity index (χ4v) is 3.09. The lowest BCUT2D eigenvalue weighted by atomic mass is 9.95. The Morgan fingerprint density at radius 3 is 2.54 bits per heavy atom. The number of rotatable bonds is 7. The lowest BCUT2D eigenvalue weighted by Gasteiger charge is -2.16. The van der Waals surface area contributed by atoms with Crippen molar-refractivity contribution in [3.8, 4) is 0 Å². The van der Waals surface area contributed by atoms with Crippen molar-refractivity contribution >= 4 is 24.2 Å². The van der Waals surface area contributed by atoms with Crippen molar-refractivity contribution in [2.75, 3.05) is 19.6 Å². The van der Waals surface area contributed by atoms with E-state index in [1.165, 1.54) is 12.5 Å². The Morgan fingerprint density at radius 2 is 1.88 bits per heavy atom. The number of likely N-dealkylation sites (tertiary alicyclic amines) is 1. The van der Waals surface area contributed by atoms with E-state index in [1.54, 1.807) is 0 Å². The van der Waals surface area contributed by atoms with Gasteiger partial charge in [0.15, 0.2) is 0 Å². The maximum absolute atomic E-state index is 12.3. The number of hydrogen-bond acceptors (Lipinski definition) is 3. The van der Waals surface area contributed by atoms with Crippen LogP contribution in [0.1, 0.15) is 44.1 Å². The minimum atomic E-state index is -0.000848. The topological polar surface area (TPSA) is 75.4 Å². The lowest BCUT2D eigenvalue weighted by Crippen LogP contribution is -2.32. The predicted molar refractivity (Wildman–Crippen MR) is 98.1 cm³/mol. The highest BCUT2D eigenvalue weighted by atomic mass is 35.5. The van der Waals surface area contributed by atoms with E-state index in [2.05, 4.69) is 17.4 Å². The smallest absolute Gasteiger partial charge is 0.222 e. The van der Waals surface area contributed by atoms with Gasteiger partial charge in [0.2, 0.25) is 11.8 Å². The average molecular weight is 354 g/mol. The van der Waals surface area contributed by atoms with Gasteiger partial charge in [0.05, 0.1) is 0 Å². The van der Waals surface area contributed by atoms with E-state index in [4.69, 9.17) is 5.73 Å². The van der Waals surface area contributed by atoms with E-state index in [1.807, 2.05) is 23.1 Å². The normalized spacial score (nSPS) is 19.7. The molecule has 1 aliphatic heterocycles. The maximum Gasteiger partial charge on any atom is 0.222 e. The molecule has 1 saturated heterocycles. The van der Waals surface area contributed by atoms with Gasteiger partial charge in [0.25, 0.3) is 0 Å². The van der Waals surface area contributed by atoms with Gasteiger partial charge in [-0.1, -0.05) is 36.8 Å². The van der Waals surface area contributed by atoms with Crippen LogP contribution in [0.3, 0.4) is 0 Å². The van der Waals surface area contributed by atoms with E-state index in [0.717, 1.165) is 25.8 Å². The summed E-state index contributed by atoms with van der Waals surface area (Å²) in [5.74, 6) is 0.428. The van der Waals surface area contributed by atoms with Crippen LogP contribution < -0.4 is 11.1 Å². The second-order valence-electron chi connectivity index (χ2n) is 6.27. The summed E-state index contributed by atoms with van der Waals surface area (Å²) >= 11 is 0. The first-order valence-electron chi connectivity index (χ1n) is 8.40. The third kappa shape index (κ3) is 6.13. The predicted octanol–water partition coefficient (Wildman–Crippen LogP) is 2.06. The van der Waals surface area contributed by atoms with Gasteiger partial charge in [0, 0.05) is 44.9 Å². The minimum Gasteiger partial charge on any atom is -0.356 e. The molecular weight excluding hydrogens is 326 g/mol. The molecule has 1 fully saturated rings. The van der Waals surface area contributed by atoms with Crippen molar-refractivity contribution in [3.63, 3.8) is 0 Å². The van der Waals surface area contributed by atoms with Crippen LogP contribution >= 0.6 is 12.4 Å². The van der Waals surface area contributed by atoms with E-state index in [-0.39, 0.29) is 36.2 Å². The summed E-state index contributed by atoms with van der Waals surface area (Å²) in [6.07, 6.45) is 3.29. The summed E-state index contributed by atoms with van der Waals surface area (Å²) in [4.78, 5) is 25.0. The molecule has 24 heavy (non-hydrogen) atoms. The van der Waals surface area contributed by atoms with Gasteiger partial charge in [0.1, 0.15) is 0 Å². The highest BCUT2D eigenvalue weighted by molar-refractivity contribution is 5.85. The van der Waals surface area contributed by atoms with Gasteiger partial charge in [-0.3, -0.25) is 9.59 Å². The Balaban J connectivity index is 0.00000288. The molecule has 2 amide bonds. The monoisotopic (exact) mass is 353 g/mol. The van der Waals surface area contributed by atoms with E-state index in [0.29, 0.717) is 19.5 Å². The number of nitrogens with zero attached hydrogens (tertiary/aromatic N) is 1. The largest absolute Gasteiger partial charge is 0.356 e. The zero-order valence-electron chi connectivity index (χ0n) is 14.2. The number of benzene rings is 1. The van der Waals surface area contributed by atoms with Gasteiger partial charge in [-0.05, 0) is 18.4 Å². The zero-order chi connectivity index (χ0) is 16.7. The first kappa shape index (κ1) is 20.5. The molecular formula is C18H28ClN3O2. The number of carbonyl (C=O) groups excluding carboxylic acids is 2. The number of nitrogens with two attached hydrogens (primary N) is 1. The minimum absolute atomic E-state index is 0. The molecule has 1 aromatic rings. The fraction of sp³-hybridized carbons (Fsp3) is 0.556. The van der Waals surface area contributed by atoms with Crippen molar-refractivity contribution in [3.05, 3.63) is 35.9 Å². The second-order valence-corrected chi connectivity index (χ2v) is 6.27. The summed E-state index contributed by atoms with van der Waals surface area (Å²) < 4.78 is 0. The third-order valence-corrected chi connectivity index (χ3v) is 4.39. The van der Waals surface area contributed by atoms with Crippen molar-refractivity contribution in [1.82, 2.24) is 10.2 Å². The van der Waals surface area contributed by atoms with Crippen molar-refractivity contribution in [1.29, 1.82) is 0 Å². The highest BCUT2D eigenvalue weighted by Gasteiger charge is 2.33. The fourth-order valence-electron chi connectivity index (χ4n) is 3.09. The summed E-state index contributed by atoms with van der Waals surface area (Å²) in [5, 5.41) is 2.77. The molecule has 134 valence electrons. The Labute approximate surface area is 150 Å². The quantitative estimate of drug-likeness (QED) is 0.737. The van der Waals surface area contributed by atoms with Crippen LogP contribution in [0.4, 0.5) is 0 Å². The van der Waals surface area contributed by atoms with Crippen LogP contribution in [0.15, 0.2) is 30.3 Å². The standard InChI is InChI=1S/C18H27N3O2.ClH/c1-14(22)20-11-7-3-6-10-18(23)21-12-16(17(19)13-21)15-8-4-2-5-9-15;/h2,4-5,8-9,16-17H,3,6-7,10-13,19H2,1H3,(H,20,22);1H/t16-,17+;/m0./s1. The molecule has 0 bridgehead atoms. The van der Waals surface area contributed by atoms with Crippen LogP contribution in [-0.4, -0.2) is 42.4 Å². The van der Waals surface area contributed by atoms with Gasteiger partial charge in [-0.2, -0.15) is 0 Å². The van der Waals surface area contributed by atoms with Crippen LogP contribution in [-0.2, 0) is 9.59 Å². The molecule has 2 atom stereocenters. The van der Waals surface area contributed by atoms with E-state index in [9.17, 15) is 9.59 Å². The van der Waals surface area contributed by atoms with Crippen molar-refractivity contribution < 1.29 is 9.59 Å². The number of halogens is 1. The van der Waals surface area contributed by atoms with Crippen LogP contribution in [0, 0.1) is 0 Å². The van der Waals surface area contributed by atoms with Crippen molar-refractivity contribution in [2.24, 2.45) is 5.73 Å². The average Bonchev–Trinajstić information content (AvgIpc) is 2.93. The molecule has 6 heteroatoms. The molecule has 1 aromatic carbocycles. The van der Waals surface area contributed by atoms with Crippen LogP contribution in [0.25, 0.3) is 0 Å². The SMILES string of the molecule is CC(=O)NCCCCCC(=O)N1C[C@@H](N)[C@H](c2ccccc2)C1.Cl. The number of amides is 2. The van der Waals surface area contributed by atoms with Crippen molar-refractivity contribution in [2.45, 2.75) is 44.6 Å². The Hall–Kier alpha value is -1.59. The lowest BCUT2D eigenvalue weighted by molar-refractivity contribution is -0.130. The van der Waals surface area contributed by atoms with E-state index >= 15 is 0 Å². The second kappa shape index (κ2) is 10.3. The van der Waals surface area contributed by atoms with Crippen LogP contribution in [0.2, 0.25) is 0 Å². The molecule has 0 spiro atoms. The summed E-state index contributed by atoms with van der Waals surface area (Å²) in [6, 6.07) is 10.2. The number of unbranched alkanes of at least 4 members (excludes halogenated alkanes) is 2. The summed E-state index contributed by atoms with van der Waals surface area (Å²) in [5.41, 5.74) is 7.44. The zero-order valence-corrected chi connectivity index (χ0v) is 15.1. The van der Waals surface area contributed by atoms with Gasteiger partial charge < -0.3 is 16.0 Å². The molecule has 0 radical (unpaired) electrons. The Bertz CT molecular complexity index is 524. The first-order valence-corrected chi connectivity index (χ1v) is 8.40. The Morgan fingerprint density at radius 1 is 1.17 bits per heavy atom. The third-order valence-electron chi connectivity index (χ3n) is 4.39. The highest BCUT2D eigenvalue weighted by Crippen LogP contribution is 2.26. The number of nitrogens with one attached hydrogen (secondary N) is 1. The van der Waals surface area contributed by atoms with Gasteiger partial charge >= 0.3 is 0 Å². The molecule has 5 nitrogen and oxygen atoms in total. The molecule has 0 unspecified atom stereocenters. The Kier molecular flexibility index (Phi) is 8.79. The van der Waals surface area contributed by atoms with E-state index < -0.39 is 0 Å².